The molecule has 3 amide bonds. The lowest BCUT2D eigenvalue weighted by atomic mass is 10.1. The van der Waals surface area contributed by atoms with E-state index in [1.165, 1.54) is 39.2 Å². The summed E-state index contributed by atoms with van der Waals surface area (Å²) >= 11 is 3.04. The molecule has 9 nitrogen and oxygen atoms in total. The van der Waals surface area contributed by atoms with Gasteiger partial charge in [0.25, 0.3) is 11.8 Å². The summed E-state index contributed by atoms with van der Waals surface area (Å²) in [4.78, 5) is 45.8. The molecule has 0 fully saturated rings. The van der Waals surface area contributed by atoms with E-state index in [0.29, 0.717) is 34.1 Å². The molecular formula is C40H35N3O6S2. The number of thioether (sulfide) groups is 1. The molecule has 0 saturated carbocycles. The van der Waals surface area contributed by atoms with Crippen molar-refractivity contribution >= 4 is 64.4 Å². The molecule has 258 valence electrons. The smallest absolute Gasteiger partial charge is 0.272 e. The highest BCUT2D eigenvalue weighted by molar-refractivity contribution is 8.00. The van der Waals surface area contributed by atoms with Crippen LogP contribution in [0, 0.1) is 0 Å². The molecule has 1 aliphatic heterocycles. The molecule has 0 aliphatic carbocycles. The number of para-hydroxylation sites is 2. The summed E-state index contributed by atoms with van der Waals surface area (Å²) in [5, 5.41) is 5.21. The molecule has 0 bridgehead atoms. The molecule has 0 saturated heterocycles. The lowest BCUT2D eigenvalue weighted by Gasteiger charge is -2.32. The van der Waals surface area contributed by atoms with E-state index in [-0.39, 0.29) is 11.6 Å². The average molecular weight is 718 g/mol. The molecular weight excluding hydrogens is 683 g/mol. The van der Waals surface area contributed by atoms with Crippen LogP contribution in [0.5, 0.6) is 17.2 Å². The van der Waals surface area contributed by atoms with Crippen LogP contribution in [0.3, 0.4) is 0 Å². The number of hydrogen-bond donors (Lipinski definition) is 2. The molecule has 2 N–H and O–H groups in total. The number of nitrogens with zero attached hydrogens (tertiary/aromatic N) is 1. The van der Waals surface area contributed by atoms with Gasteiger partial charge in [0, 0.05) is 37.6 Å². The van der Waals surface area contributed by atoms with Gasteiger partial charge in [-0.2, -0.15) is 0 Å². The van der Waals surface area contributed by atoms with Crippen molar-refractivity contribution in [1.82, 2.24) is 5.32 Å². The first kappa shape index (κ1) is 35.2. The van der Waals surface area contributed by atoms with Crippen LogP contribution in [-0.4, -0.2) is 44.3 Å². The molecule has 1 heterocycles. The number of fused-ring (bicyclic) bond motifs is 2. The van der Waals surface area contributed by atoms with Gasteiger partial charge in [0.05, 0.1) is 38.0 Å². The monoisotopic (exact) mass is 717 g/mol. The molecule has 1 aliphatic rings. The highest BCUT2D eigenvalue weighted by atomic mass is 32.2. The van der Waals surface area contributed by atoms with Crippen LogP contribution in [0.25, 0.3) is 6.08 Å². The van der Waals surface area contributed by atoms with E-state index in [4.69, 9.17) is 14.2 Å². The number of nitrogens with one attached hydrogen (secondary N) is 2. The van der Waals surface area contributed by atoms with Crippen molar-refractivity contribution in [3.8, 4) is 17.2 Å². The van der Waals surface area contributed by atoms with Gasteiger partial charge < -0.3 is 24.8 Å². The van der Waals surface area contributed by atoms with Gasteiger partial charge in [-0.15, -0.1) is 11.8 Å². The Hall–Kier alpha value is -5.65. The van der Waals surface area contributed by atoms with E-state index < -0.39 is 17.1 Å². The van der Waals surface area contributed by atoms with Crippen molar-refractivity contribution < 1.29 is 28.6 Å². The number of hydrogen-bond acceptors (Lipinski definition) is 8. The minimum absolute atomic E-state index is 0.0312. The Kier molecular flexibility index (Phi) is 11.0. The average Bonchev–Trinajstić information content (AvgIpc) is 3.16. The topological polar surface area (TPSA) is 106 Å². The van der Waals surface area contributed by atoms with Crippen LogP contribution in [0.2, 0.25) is 0 Å². The van der Waals surface area contributed by atoms with Crippen LogP contribution in [0.1, 0.15) is 22.8 Å². The number of ether oxygens (including phenoxy) is 3. The number of benzene rings is 5. The second-order valence-corrected chi connectivity index (χ2v) is 13.8. The van der Waals surface area contributed by atoms with Crippen LogP contribution in [0.4, 0.5) is 17.1 Å². The maximum atomic E-state index is 14.1. The number of rotatable bonds is 11. The number of methoxy groups -OCH3 is 3. The number of carbonyl (C=O) groups excluding carboxylic acids is 3. The molecule has 0 radical (unpaired) electrons. The minimum Gasteiger partial charge on any atom is -0.496 e. The highest BCUT2D eigenvalue weighted by Gasteiger charge is 2.31. The van der Waals surface area contributed by atoms with Gasteiger partial charge in [-0.25, -0.2) is 0 Å². The van der Waals surface area contributed by atoms with E-state index in [9.17, 15) is 14.4 Å². The quantitative estimate of drug-likeness (QED) is 0.104. The Morgan fingerprint density at radius 1 is 0.725 bits per heavy atom. The zero-order valence-electron chi connectivity index (χ0n) is 28.3. The van der Waals surface area contributed by atoms with Gasteiger partial charge in [-0.1, -0.05) is 60.3 Å². The Morgan fingerprint density at radius 2 is 1.33 bits per heavy atom. The lowest BCUT2D eigenvalue weighted by Crippen LogP contribution is -2.34. The standard InChI is InChI=1S/C40H35N3O6S2/c1-25(40(46)43-31-17-8-10-19-36(31)51-37-20-11-9-18-32(37)43)50-29-16-12-15-28(23-29)41-39(45)30(42-38(44)26-13-6-5-7-14-26)21-27-22-34(48-3)35(49-4)24-33(27)47-2/h5-25H,1-4H3,(H,41,45)(H,42,44)/b30-21+. The molecule has 5 aromatic carbocycles. The van der Waals surface area contributed by atoms with Crippen LogP contribution in [-0.2, 0) is 9.59 Å². The highest BCUT2D eigenvalue weighted by Crippen LogP contribution is 2.48. The van der Waals surface area contributed by atoms with E-state index in [2.05, 4.69) is 10.6 Å². The summed E-state index contributed by atoms with van der Waals surface area (Å²) < 4.78 is 16.4. The molecule has 6 rings (SSSR count). The van der Waals surface area contributed by atoms with Crippen molar-refractivity contribution in [3.05, 3.63) is 132 Å². The molecule has 0 aromatic heterocycles. The van der Waals surface area contributed by atoms with Gasteiger partial charge in [-0.05, 0) is 73.7 Å². The molecule has 51 heavy (non-hydrogen) atoms. The van der Waals surface area contributed by atoms with E-state index in [1.807, 2.05) is 61.5 Å². The predicted molar refractivity (Wildman–Crippen MR) is 203 cm³/mol. The first-order valence-corrected chi connectivity index (χ1v) is 17.6. The zero-order chi connectivity index (χ0) is 35.9. The Bertz CT molecular complexity index is 2080. The van der Waals surface area contributed by atoms with Crippen molar-refractivity contribution in [2.45, 2.75) is 26.9 Å². The van der Waals surface area contributed by atoms with Crippen molar-refractivity contribution in [2.24, 2.45) is 0 Å². The van der Waals surface area contributed by atoms with Gasteiger partial charge in [0.15, 0.2) is 11.5 Å². The number of amides is 3. The summed E-state index contributed by atoms with van der Waals surface area (Å²) in [6.07, 6.45) is 1.52. The van der Waals surface area contributed by atoms with Crippen molar-refractivity contribution in [2.75, 3.05) is 31.5 Å². The fourth-order valence-electron chi connectivity index (χ4n) is 5.49. The summed E-state index contributed by atoms with van der Waals surface area (Å²) in [6.45, 7) is 1.88. The molecule has 5 aromatic rings. The van der Waals surface area contributed by atoms with Crippen LogP contribution in [0.15, 0.2) is 136 Å². The van der Waals surface area contributed by atoms with Crippen molar-refractivity contribution in [3.63, 3.8) is 0 Å². The molecule has 11 heteroatoms. The van der Waals surface area contributed by atoms with E-state index in [0.717, 1.165) is 26.1 Å². The third-order valence-corrected chi connectivity index (χ3v) is 10.2. The fourth-order valence-corrected chi connectivity index (χ4v) is 7.51. The minimum atomic E-state index is -0.568. The lowest BCUT2D eigenvalue weighted by molar-refractivity contribution is -0.117. The van der Waals surface area contributed by atoms with Gasteiger partial charge in [0.2, 0.25) is 5.91 Å². The summed E-state index contributed by atoms with van der Waals surface area (Å²) in [5.74, 6) is 0.172. The Morgan fingerprint density at radius 3 is 1.98 bits per heavy atom. The third kappa shape index (κ3) is 7.90. The Balaban J connectivity index is 1.25. The van der Waals surface area contributed by atoms with Crippen LogP contribution >= 0.6 is 23.5 Å². The van der Waals surface area contributed by atoms with Crippen LogP contribution < -0.4 is 29.7 Å². The summed E-state index contributed by atoms with van der Waals surface area (Å²) in [7, 11) is 4.52. The summed E-state index contributed by atoms with van der Waals surface area (Å²) in [5.41, 5.74) is 3.00. The van der Waals surface area contributed by atoms with Gasteiger partial charge >= 0.3 is 0 Å². The second-order valence-electron chi connectivity index (χ2n) is 11.3. The number of anilines is 3. The molecule has 0 spiro atoms. The maximum absolute atomic E-state index is 14.1. The first-order chi connectivity index (χ1) is 24.8. The van der Waals surface area contributed by atoms with E-state index in [1.54, 1.807) is 77.3 Å². The largest absolute Gasteiger partial charge is 0.496 e. The summed E-state index contributed by atoms with van der Waals surface area (Å²) in [6, 6.07) is 34.9. The SMILES string of the molecule is COc1cc(OC)c(OC)cc1/C=C(/NC(=O)c1ccccc1)C(=O)Nc1cccc(SC(C)C(=O)N2c3ccccc3Sc3ccccc32)c1. The maximum Gasteiger partial charge on any atom is 0.272 e. The predicted octanol–water partition coefficient (Wildman–Crippen LogP) is 8.43. The molecule has 1 unspecified atom stereocenters. The Labute approximate surface area is 305 Å². The number of carbonyl (C=O) groups is 3. The van der Waals surface area contributed by atoms with Gasteiger partial charge in [-0.3, -0.25) is 19.3 Å². The first-order valence-electron chi connectivity index (χ1n) is 16.0. The van der Waals surface area contributed by atoms with Crippen molar-refractivity contribution in [1.29, 1.82) is 0 Å². The normalized spacial score (nSPS) is 12.5. The second kappa shape index (κ2) is 15.9. The van der Waals surface area contributed by atoms with E-state index >= 15 is 0 Å². The molecule has 1 atom stereocenters. The zero-order valence-corrected chi connectivity index (χ0v) is 30.0. The third-order valence-electron chi connectivity index (χ3n) is 7.97. The fraction of sp³-hybridized carbons (Fsp3) is 0.125. The van der Waals surface area contributed by atoms with Gasteiger partial charge in [0.1, 0.15) is 11.4 Å².